The first kappa shape index (κ1) is 17.0. The molecule has 0 spiro atoms. The average Bonchev–Trinajstić information content (AvgIpc) is 2.78. The van der Waals surface area contributed by atoms with Crippen LogP contribution >= 0.6 is 15.9 Å². The highest BCUT2D eigenvalue weighted by Crippen LogP contribution is 2.38. The van der Waals surface area contributed by atoms with E-state index in [4.69, 9.17) is 9.47 Å². The molecule has 8 heteroatoms. The van der Waals surface area contributed by atoms with Gasteiger partial charge in [0.25, 0.3) is 0 Å². The summed E-state index contributed by atoms with van der Waals surface area (Å²) < 4.78 is 35.1. The van der Waals surface area contributed by atoms with Gasteiger partial charge in [0.1, 0.15) is 0 Å². The number of aromatic nitrogens is 1. The van der Waals surface area contributed by atoms with Crippen LogP contribution in [0.15, 0.2) is 40.0 Å². The number of benzene rings is 1. The third-order valence-corrected chi connectivity index (χ3v) is 5.07. The van der Waals surface area contributed by atoms with Gasteiger partial charge in [-0.2, -0.15) is 0 Å². The third kappa shape index (κ3) is 3.99. The Balaban J connectivity index is 1.73. The molecule has 1 aliphatic heterocycles. The van der Waals surface area contributed by atoms with E-state index in [0.29, 0.717) is 19.8 Å². The standard InChI is InChI=1S/C16H17BrN2O4S/c1-24(20,21)15-4-3-12(10-19-15)18-9-11-7-13(17)16-14(8-11)22-5-2-6-23-16/h3-4,7-8,10,18H,2,5-6,9H2,1H3. The predicted molar refractivity (Wildman–Crippen MR) is 94.4 cm³/mol. The highest BCUT2D eigenvalue weighted by Gasteiger charge is 2.15. The lowest BCUT2D eigenvalue weighted by atomic mass is 10.2. The second-order valence-corrected chi connectivity index (χ2v) is 8.28. The molecule has 24 heavy (non-hydrogen) atoms. The van der Waals surface area contributed by atoms with Crippen LogP contribution in [0.5, 0.6) is 11.5 Å². The molecule has 1 aromatic heterocycles. The summed E-state index contributed by atoms with van der Waals surface area (Å²) in [6.07, 6.45) is 3.50. The summed E-state index contributed by atoms with van der Waals surface area (Å²) in [5, 5.41) is 3.28. The van der Waals surface area contributed by atoms with Crippen LogP contribution in [0.25, 0.3) is 0 Å². The maximum absolute atomic E-state index is 11.4. The molecule has 0 radical (unpaired) electrons. The lowest BCUT2D eigenvalue weighted by molar-refractivity contribution is 0.296. The lowest BCUT2D eigenvalue weighted by Crippen LogP contribution is -2.04. The van der Waals surface area contributed by atoms with Gasteiger partial charge in [-0.3, -0.25) is 0 Å². The van der Waals surface area contributed by atoms with E-state index in [2.05, 4.69) is 26.2 Å². The number of sulfone groups is 1. The Kier molecular flexibility index (Phi) is 4.96. The predicted octanol–water partition coefficient (Wildman–Crippen LogP) is 3.02. The fraction of sp³-hybridized carbons (Fsp3) is 0.312. The summed E-state index contributed by atoms with van der Waals surface area (Å²) in [4.78, 5) is 3.96. The molecular weight excluding hydrogens is 396 g/mol. The Labute approximate surface area is 149 Å². The van der Waals surface area contributed by atoms with Gasteiger partial charge in [0.15, 0.2) is 26.4 Å². The Morgan fingerprint density at radius 1 is 1.25 bits per heavy atom. The van der Waals surface area contributed by atoms with Gasteiger partial charge in [-0.15, -0.1) is 0 Å². The van der Waals surface area contributed by atoms with Crippen molar-refractivity contribution >= 4 is 31.5 Å². The number of anilines is 1. The fourth-order valence-corrected chi connectivity index (χ4v) is 3.46. The molecule has 0 atom stereocenters. The monoisotopic (exact) mass is 412 g/mol. The molecular formula is C16H17BrN2O4S. The molecule has 1 aromatic carbocycles. The molecule has 1 N–H and O–H groups in total. The van der Waals surface area contributed by atoms with Gasteiger partial charge in [-0.1, -0.05) is 0 Å². The molecule has 0 amide bonds. The topological polar surface area (TPSA) is 77.5 Å². The molecule has 0 unspecified atom stereocenters. The SMILES string of the molecule is CS(=O)(=O)c1ccc(NCc2cc(Br)c3c(c2)OCCCO3)cn1. The molecule has 0 saturated heterocycles. The van der Waals surface area contributed by atoms with Crippen molar-refractivity contribution in [3.63, 3.8) is 0 Å². The van der Waals surface area contributed by atoms with E-state index in [1.807, 2.05) is 12.1 Å². The third-order valence-electron chi connectivity index (χ3n) is 3.47. The summed E-state index contributed by atoms with van der Waals surface area (Å²) in [5.41, 5.74) is 1.75. The molecule has 3 rings (SSSR count). The second-order valence-electron chi connectivity index (χ2n) is 5.47. The van der Waals surface area contributed by atoms with Gasteiger partial charge in [-0.05, 0) is 45.8 Å². The zero-order chi connectivity index (χ0) is 17.2. The zero-order valence-electron chi connectivity index (χ0n) is 13.1. The Morgan fingerprint density at radius 3 is 2.75 bits per heavy atom. The summed E-state index contributed by atoms with van der Waals surface area (Å²) in [6, 6.07) is 7.10. The summed E-state index contributed by atoms with van der Waals surface area (Å²) in [6.45, 7) is 1.82. The van der Waals surface area contributed by atoms with E-state index in [1.54, 1.807) is 6.07 Å². The van der Waals surface area contributed by atoms with E-state index in [9.17, 15) is 8.42 Å². The van der Waals surface area contributed by atoms with Crippen LogP contribution in [0, 0.1) is 0 Å². The van der Waals surface area contributed by atoms with E-state index in [0.717, 1.165) is 39.9 Å². The van der Waals surface area contributed by atoms with Gasteiger partial charge in [0.2, 0.25) is 0 Å². The largest absolute Gasteiger partial charge is 0.490 e. The van der Waals surface area contributed by atoms with Crippen molar-refractivity contribution in [3.8, 4) is 11.5 Å². The van der Waals surface area contributed by atoms with E-state index in [-0.39, 0.29) is 5.03 Å². The molecule has 128 valence electrons. The van der Waals surface area contributed by atoms with Crippen LogP contribution in [0.1, 0.15) is 12.0 Å². The normalized spacial score (nSPS) is 14.1. The average molecular weight is 413 g/mol. The van der Waals surface area contributed by atoms with Crippen LogP contribution in [-0.2, 0) is 16.4 Å². The van der Waals surface area contributed by atoms with Crippen molar-refractivity contribution in [2.75, 3.05) is 24.8 Å². The number of nitrogens with zero attached hydrogens (tertiary/aromatic N) is 1. The Hall–Kier alpha value is -1.80. The molecule has 0 fully saturated rings. The summed E-state index contributed by atoms with van der Waals surface area (Å²) in [7, 11) is -3.28. The van der Waals surface area contributed by atoms with Crippen molar-refractivity contribution < 1.29 is 17.9 Å². The number of rotatable bonds is 4. The van der Waals surface area contributed by atoms with Crippen LogP contribution in [0.3, 0.4) is 0 Å². The van der Waals surface area contributed by atoms with E-state index >= 15 is 0 Å². The smallest absolute Gasteiger partial charge is 0.192 e. The number of nitrogens with one attached hydrogen (secondary N) is 1. The molecule has 0 saturated carbocycles. The minimum Gasteiger partial charge on any atom is -0.490 e. The quantitative estimate of drug-likeness (QED) is 0.831. The summed E-state index contributed by atoms with van der Waals surface area (Å²) in [5.74, 6) is 1.46. The van der Waals surface area contributed by atoms with E-state index in [1.165, 1.54) is 12.3 Å². The number of hydrogen-bond acceptors (Lipinski definition) is 6. The number of ether oxygens (including phenoxy) is 2. The van der Waals surface area contributed by atoms with Crippen LogP contribution in [0.2, 0.25) is 0 Å². The van der Waals surface area contributed by atoms with Gasteiger partial charge < -0.3 is 14.8 Å². The van der Waals surface area contributed by atoms with Crippen molar-refractivity contribution in [1.82, 2.24) is 4.98 Å². The van der Waals surface area contributed by atoms with Gasteiger partial charge in [0.05, 0.1) is 29.6 Å². The Morgan fingerprint density at radius 2 is 2.04 bits per heavy atom. The highest BCUT2D eigenvalue weighted by atomic mass is 79.9. The van der Waals surface area contributed by atoms with Crippen molar-refractivity contribution in [1.29, 1.82) is 0 Å². The first-order valence-electron chi connectivity index (χ1n) is 7.41. The van der Waals surface area contributed by atoms with E-state index < -0.39 is 9.84 Å². The maximum Gasteiger partial charge on any atom is 0.192 e. The Bertz CT molecular complexity index is 838. The second kappa shape index (κ2) is 6.98. The van der Waals surface area contributed by atoms with Crippen molar-refractivity contribution in [2.45, 2.75) is 18.0 Å². The molecule has 0 bridgehead atoms. The molecule has 2 heterocycles. The number of hydrogen-bond donors (Lipinski definition) is 1. The molecule has 1 aliphatic rings. The number of halogens is 1. The number of pyridine rings is 1. The zero-order valence-corrected chi connectivity index (χ0v) is 15.5. The lowest BCUT2D eigenvalue weighted by Gasteiger charge is -2.13. The fourth-order valence-electron chi connectivity index (χ4n) is 2.29. The van der Waals surface area contributed by atoms with Crippen LogP contribution in [-0.4, -0.2) is 32.9 Å². The molecule has 6 nitrogen and oxygen atoms in total. The van der Waals surface area contributed by atoms with Crippen molar-refractivity contribution in [2.24, 2.45) is 0 Å². The van der Waals surface area contributed by atoms with Gasteiger partial charge in [-0.25, -0.2) is 13.4 Å². The van der Waals surface area contributed by atoms with Crippen molar-refractivity contribution in [3.05, 3.63) is 40.5 Å². The van der Waals surface area contributed by atoms with Crippen LogP contribution in [0.4, 0.5) is 5.69 Å². The first-order chi connectivity index (χ1) is 11.4. The molecule has 0 aliphatic carbocycles. The minimum absolute atomic E-state index is 0.0615. The number of fused-ring (bicyclic) bond motifs is 1. The van der Waals surface area contributed by atoms with Gasteiger partial charge in [0, 0.05) is 19.2 Å². The van der Waals surface area contributed by atoms with Gasteiger partial charge >= 0.3 is 0 Å². The minimum atomic E-state index is -3.28. The highest BCUT2D eigenvalue weighted by molar-refractivity contribution is 9.10. The van der Waals surface area contributed by atoms with Crippen LogP contribution < -0.4 is 14.8 Å². The molecule has 2 aromatic rings. The first-order valence-corrected chi connectivity index (χ1v) is 10.1. The summed E-state index contributed by atoms with van der Waals surface area (Å²) >= 11 is 3.51. The maximum atomic E-state index is 11.4.